The van der Waals surface area contributed by atoms with Crippen LogP contribution in [-0.2, 0) is 6.42 Å². The Hall–Kier alpha value is -3.60. The maximum absolute atomic E-state index is 13.5. The van der Waals surface area contributed by atoms with Gasteiger partial charge in [0.2, 0.25) is 0 Å². The Bertz CT molecular complexity index is 1160. The van der Waals surface area contributed by atoms with Gasteiger partial charge in [-0.3, -0.25) is 9.80 Å². The van der Waals surface area contributed by atoms with Crippen LogP contribution in [0.2, 0.25) is 0 Å². The van der Waals surface area contributed by atoms with E-state index in [4.69, 9.17) is 4.74 Å². The van der Waals surface area contributed by atoms with Crippen molar-refractivity contribution in [3.8, 4) is 5.75 Å². The van der Waals surface area contributed by atoms with Crippen LogP contribution in [0.4, 0.5) is 5.82 Å². The van der Waals surface area contributed by atoms with Gasteiger partial charge in [-0.05, 0) is 41.3 Å². The highest BCUT2D eigenvalue weighted by atomic mass is 16.5. The molecule has 2 aromatic carbocycles. The second kappa shape index (κ2) is 7.56. The number of hydrogen-bond acceptors (Lipinski definition) is 4. The molecule has 5 heteroatoms. The molecule has 2 aromatic heterocycles. The zero-order valence-corrected chi connectivity index (χ0v) is 15.9. The van der Waals surface area contributed by atoms with E-state index in [0.29, 0.717) is 23.4 Å². The highest BCUT2D eigenvalue weighted by Crippen LogP contribution is 2.22. The largest absolute Gasteiger partial charge is 0.497 e. The first-order valence-corrected chi connectivity index (χ1v) is 9.09. The number of rotatable bonds is 5. The fourth-order valence-electron chi connectivity index (χ4n) is 3.37. The normalized spacial score (nSPS) is 10.8. The molecule has 0 radical (unpaired) electrons. The summed E-state index contributed by atoms with van der Waals surface area (Å²) in [7, 11) is 3.45. The van der Waals surface area contributed by atoms with Gasteiger partial charge in [-0.25, -0.2) is 9.66 Å². The molecule has 0 atom stereocenters. The maximum atomic E-state index is 13.5. The molecule has 28 heavy (non-hydrogen) atoms. The van der Waals surface area contributed by atoms with Gasteiger partial charge in [0.25, 0.3) is 5.56 Å². The number of methoxy groups -OCH3 is 1. The van der Waals surface area contributed by atoms with Crippen LogP contribution < -0.4 is 15.3 Å². The Morgan fingerprint density at radius 3 is 2.50 bits per heavy atom. The molecule has 0 N–H and O–H groups in total. The monoisotopic (exact) mass is 371 g/mol. The van der Waals surface area contributed by atoms with E-state index in [2.05, 4.69) is 23.2 Å². The minimum atomic E-state index is -0.101. The van der Waals surface area contributed by atoms with Crippen molar-refractivity contribution >= 4 is 16.6 Å². The van der Waals surface area contributed by atoms with Crippen molar-refractivity contribution in [3.63, 3.8) is 0 Å². The van der Waals surface area contributed by atoms with Gasteiger partial charge in [-0.2, -0.15) is 0 Å². The molecular formula is C23H21N3O2. The van der Waals surface area contributed by atoms with Gasteiger partial charge in [0.1, 0.15) is 11.6 Å². The number of ether oxygens (including phenoxy) is 1. The average Bonchev–Trinajstić information content (AvgIpc) is 2.75. The summed E-state index contributed by atoms with van der Waals surface area (Å²) in [6, 6.07) is 23.4. The molecule has 0 spiro atoms. The number of pyridine rings is 2. The summed E-state index contributed by atoms with van der Waals surface area (Å²) in [4.78, 5) is 17.9. The standard InChI is InChI=1S/C23H21N3O2/c1-25(22-10-6-7-13-24-22)26-19(14-17-8-4-3-5-9-17)15-18-11-12-20(28-2)16-21(18)23(26)27/h3-13,15-16H,14H2,1-2H3. The number of fused-ring (bicyclic) bond motifs is 1. The van der Waals surface area contributed by atoms with Crippen LogP contribution in [0.25, 0.3) is 10.8 Å². The molecule has 0 fully saturated rings. The Kier molecular flexibility index (Phi) is 4.81. The Balaban J connectivity index is 1.93. The lowest BCUT2D eigenvalue weighted by Crippen LogP contribution is -2.38. The molecule has 2 heterocycles. The molecule has 0 aliphatic heterocycles. The summed E-state index contributed by atoms with van der Waals surface area (Å²) in [5.41, 5.74) is 1.93. The van der Waals surface area contributed by atoms with E-state index < -0.39 is 0 Å². The van der Waals surface area contributed by atoms with Gasteiger partial charge in [-0.15, -0.1) is 0 Å². The van der Waals surface area contributed by atoms with Gasteiger partial charge in [-0.1, -0.05) is 42.5 Å². The summed E-state index contributed by atoms with van der Waals surface area (Å²) in [6.07, 6.45) is 2.35. The van der Waals surface area contributed by atoms with E-state index in [0.717, 1.165) is 16.6 Å². The van der Waals surface area contributed by atoms with Gasteiger partial charge in [0.15, 0.2) is 0 Å². The summed E-state index contributed by atoms with van der Waals surface area (Å²) < 4.78 is 7.01. The predicted molar refractivity (Wildman–Crippen MR) is 112 cm³/mol. The Morgan fingerprint density at radius 2 is 1.79 bits per heavy atom. The molecule has 140 valence electrons. The van der Waals surface area contributed by atoms with Crippen LogP contribution in [0.1, 0.15) is 11.3 Å². The third kappa shape index (κ3) is 3.34. The minimum absolute atomic E-state index is 0.101. The minimum Gasteiger partial charge on any atom is -0.497 e. The van der Waals surface area contributed by atoms with Crippen molar-refractivity contribution in [1.29, 1.82) is 0 Å². The molecule has 0 saturated carbocycles. The van der Waals surface area contributed by atoms with Crippen LogP contribution in [-0.4, -0.2) is 23.8 Å². The summed E-state index contributed by atoms with van der Waals surface area (Å²) in [5.74, 6) is 1.36. The number of anilines is 1. The van der Waals surface area contributed by atoms with E-state index in [1.165, 1.54) is 0 Å². The quantitative estimate of drug-likeness (QED) is 0.534. The first-order valence-electron chi connectivity index (χ1n) is 9.09. The fourth-order valence-corrected chi connectivity index (χ4v) is 3.37. The van der Waals surface area contributed by atoms with Crippen LogP contribution in [0, 0.1) is 0 Å². The third-order valence-electron chi connectivity index (χ3n) is 4.79. The van der Waals surface area contributed by atoms with Crippen LogP contribution in [0.3, 0.4) is 0 Å². The smallest absolute Gasteiger partial charge is 0.277 e. The van der Waals surface area contributed by atoms with Gasteiger partial charge in [0.05, 0.1) is 12.5 Å². The lowest BCUT2D eigenvalue weighted by Gasteiger charge is -2.25. The fraction of sp³-hybridized carbons (Fsp3) is 0.130. The topological polar surface area (TPSA) is 47.4 Å². The van der Waals surface area contributed by atoms with Gasteiger partial charge in [0, 0.05) is 25.4 Å². The molecule has 0 amide bonds. The Morgan fingerprint density at radius 1 is 1.00 bits per heavy atom. The van der Waals surface area contributed by atoms with Crippen molar-refractivity contribution in [1.82, 2.24) is 9.66 Å². The molecular weight excluding hydrogens is 350 g/mol. The van der Waals surface area contributed by atoms with Crippen molar-refractivity contribution in [2.75, 3.05) is 19.2 Å². The second-order valence-electron chi connectivity index (χ2n) is 6.58. The molecule has 0 unspecified atom stereocenters. The average molecular weight is 371 g/mol. The van der Waals surface area contributed by atoms with E-state index in [9.17, 15) is 4.79 Å². The van der Waals surface area contributed by atoms with E-state index in [1.807, 2.05) is 55.6 Å². The van der Waals surface area contributed by atoms with E-state index in [1.54, 1.807) is 29.1 Å². The molecule has 4 aromatic rings. The summed E-state index contributed by atoms with van der Waals surface area (Å²) in [6.45, 7) is 0. The molecule has 4 rings (SSSR count). The van der Waals surface area contributed by atoms with Gasteiger partial charge >= 0.3 is 0 Å². The third-order valence-corrected chi connectivity index (χ3v) is 4.79. The van der Waals surface area contributed by atoms with Gasteiger partial charge < -0.3 is 4.74 Å². The number of nitrogens with zero attached hydrogens (tertiary/aromatic N) is 3. The van der Waals surface area contributed by atoms with Crippen LogP contribution in [0.15, 0.2) is 83.8 Å². The maximum Gasteiger partial charge on any atom is 0.277 e. The van der Waals surface area contributed by atoms with Crippen LogP contribution >= 0.6 is 0 Å². The summed E-state index contributed by atoms with van der Waals surface area (Å²) >= 11 is 0. The van der Waals surface area contributed by atoms with E-state index >= 15 is 0 Å². The molecule has 0 aliphatic carbocycles. The lowest BCUT2D eigenvalue weighted by molar-refractivity contribution is 0.415. The van der Waals surface area contributed by atoms with Crippen molar-refractivity contribution in [2.24, 2.45) is 0 Å². The molecule has 0 saturated heterocycles. The summed E-state index contributed by atoms with van der Waals surface area (Å²) in [5, 5.41) is 3.29. The molecule has 0 aliphatic rings. The highest BCUT2D eigenvalue weighted by molar-refractivity contribution is 5.83. The van der Waals surface area contributed by atoms with Crippen LogP contribution in [0.5, 0.6) is 5.75 Å². The van der Waals surface area contributed by atoms with Crippen molar-refractivity contribution in [3.05, 3.63) is 101 Å². The van der Waals surface area contributed by atoms with Crippen molar-refractivity contribution in [2.45, 2.75) is 6.42 Å². The SMILES string of the molecule is COc1ccc2cc(Cc3ccccc3)n(N(C)c3ccccn3)c(=O)c2c1. The molecule has 0 bridgehead atoms. The zero-order valence-electron chi connectivity index (χ0n) is 15.9. The lowest BCUT2D eigenvalue weighted by atomic mass is 10.1. The van der Waals surface area contributed by atoms with Crippen molar-refractivity contribution < 1.29 is 4.74 Å². The second-order valence-corrected chi connectivity index (χ2v) is 6.58. The zero-order chi connectivity index (χ0) is 19.5. The Labute approximate surface area is 163 Å². The number of benzene rings is 2. The number of aromatic nitrogens is 2. The number of hydrogen-bond donors (Lipinski definition) is 0. The highest BCUT2D eigenvalue weighted by Gasteiger charge is 2.15. The first kappa shape index (κ1) is 17.8. The molecule has 5 nitrogen and oxygen atoms in total. The predicted octanol–water partition coefficient (Wildman–Crippen LogP) is 3.90. The first-order chi connectivity index (χ1) is 13.7. The van der Waals surface area contributed by atoms with E-state index in [-0.39, 0.29) is 5.56 Å².